The van der Waals surface area contributed by atoms with Crippen LogP contribution >= 0.6 is 27.3 Å². The van der Waals surface area contributed by atoms with Crippen LogP contribution in [0.25, 0.3) is 0 Å². The van der Waals surface area contributed by atoms with Crippen LogP contribution in [0.1, 0.15) is 29.5 Å². The number of aromatic nitrogens is 2. The number of nitrogens with one attached hydrogen (secondary N) is 1. The third-order valence-corrected chi connectivity index (χ3v) is 4.31. The lowest BCUT2D eigenvalue weighted by Crippen LogP contribution is -2.20. The zero-order valence-corrected chi connectivity index (χ0v) is 15.2. The van der Waals surface area contributed by atoms with E-state index in [1.807, 2.05) is 26.0 Å². The maximum Gasteiger partial charge on any atom is 0.264 e. The van der Waals surface area contributed by atoms with Crippen LogP contribution in [0.3, 0.4) is 0 Å². The van der Waals surface area contributed by atoms with Gasteiger partial charge >= 0.3 is 0 Å². The van der Waals surface area contributed by atoms with E-state index < -0.39 is 0 Å². The van der Waals surface area contributed by atoms with Gasteiger partial charge in [-0.05, 0) is 43.5 Å². The van der Waals surface area contributed by atoms with Gasteiger partial charge in [-0.3, -0.25) is 10.1 Å². The highest BCUT2D eigenvalue weighted by atomic mass is 79.9. The smallest absolute Gasteiger partial charge is 0.264 e. The Labute approximate surface area is 142 Å². The van der Waals surface area contributed by atoms with E-state index >= 15 is 0 Å². The van der Waals surface area contributed by atoms with E-state index in [0.717, 1.165) is 39.2 Å². The molecule has 7 heteroatoms. The number of aryl methyl sites for hydroxylation is 3. The van der Waals surface area contributed by atoms with Gasteiger partial charge in [0.05, 0.1) is 0 Å². The lowest BCUT2D eigenvalue weighted by Gasteiger charge is -2.12. The van der Waals surface area contributed by atoms with Gasteiger partial charge in [0, 0.05) is 10.9 Å². The van der Waals surface area contributed by atoms with Crippen LogP contribution in [0.4, 0.5) is 5.13 Å². The van der Waals surface area contributed by atoms with Crippen LogP contribution in [0.15, 0.2) is 16.6 Å². The predicted octanol–water partition coefficient (Wildman–Crippen LogP) is 3.89. The standard InChI is InChI=1S/C15H18BrN3O2S/c1-4-5-13-18-19-15(22-13)17-12(20)8-21-14-9(2)6-11(16)7-10(14)3/h6-7H,4-5,8H2,1-3H3,(H,17,19,20). The molecule has 1 heterocycles. The molecule has 2 rings (SSSR count). The molecular weight excluding hydrogens is 366 g/mol. The van der Waals surface area contributed by atoms with Gasteiger partial charge in [-0.25, -0.2) is 0 Å². The molecule has 0 aliphatic carbocycles. The van der Waals surface area contributed by atoms with Crippen molar-refractivity contribution in [2.24, 2.45) is 0 Å². The fourth-order valence-electron chi connectivity index (χ4n) is 2.04. The van der Waals surface area contributed by atoms with Crippen molar-refractivity contribution < 1.29 is 9.53 Å². The van der Waals surface area contributed by atoms with Gasteiger partial charge in [0.2, 0.25) is 5.13 Å². The predicted molar refractivity (Wildman–Crippen MR) is 91.6 cm³/mol. The molecule has 0 spiro atoms. The van der Waals surface area contributed by atoms with E-state index in [9.17, 15) is 4.79 Å². The van der Waals surface area contributed by atoms with E-state index in [-0.39, 0.29) is 12.5 Å². The molecule has 0 atom stereocenters. The molecule has 22 heavy (non-hydrogen) atoms. The number of ether oxygens (including phenoxy) is 1. The molecule has 1 N–H and O–H groups in total. The number of halogens is 1. The van der Waals surface area contributed by atoms with E-state index in [4.69, 9.17) is 4.74 Å². The monoisotopic (exact) mass is 383 g/mol. The Morgan fingerprint density at radius 1 is 1.32 bits per heavy atom. The second kappa shape index (κ2) is 7.69. The van der Waals surface area contributed by atoms with Crippen molar-refractivity contribution in [3.05, 3.63) is 32.7 Å². The summed E-state index contributed by atoms with van der Waals surface area (Å²) in [6.07, 6.45) is 1.88. The number of nitrogens with zero attached hydrogens (tertiary/aromatic N) is 2. The van der Waals surface area contributed by atoms with Gasteiger partial charge in [0.1, 0.15) is 10.8 Å². The minimum atomic E-state index is -0.235. The lowest BCUT2D eigenvalue weighted by atomic mass is 10.1. The summed E-state index contributed by atoms with van der Waals surface area (Å²) < 4.78 is 6.63. The fourth-order valence-corrected chi connectivity index (χ4v) is 3.58. The number of anilines is 1. The number of rotatable bonds is 6. The van der Waals surface area contributed by atoms with Crippen molar-refractivity contribution in [3.8, 4) is 5.75 Å². The maximum atomic E-state index is 11.9. The Kier molecular flexibility index (Phi) is 5.90. The molecule has 0 saturated carbocycles. The topological polar surface area (TPSA) is 64.1 Å². The number of amides is 1. The SMILES string of the molecule is CCCc1nnc(NC(=O)COc2c(C)cc(Br)cc2C)s1. The first kappa shape index (κ1) is 16.9. The molecule has 0 fully saturated rings. The second-order valence-corrected chi connectivity index (χ2v) is 6.93. The average molecular weight is 384 g/mol. The van der Waals surface area contributed by atoms with Crippen LogP contribution in [0.2, 0.25) is 0 Å². The Morgan fingerprint density at radius 3 is 2.64 bits per heavy atom. The molecule has 1 aromatic heterocycles. The molecule has 2 aromatic rings. The van der Waals surface area contributed by atoms with Crippen molar-refractivity contribution in [2.75, 3.05) is 11.9 Å². The van der Waals surface area contributed by atoms with E-state index in [1.165, 1.54) is 11.3 Å². The van der Waals surface area contributed by atoms with Crippen molar-refractivity contribution in [3.63, 3.8) is 0 Å². The quantitative estimate of drug-likeness (QED) is 0.821. The second-order valence-electron chi connectivity index (χ2n) is 4.96. The van der Waals surface area contributed by atoms with E-state index in [1.54, 1.807) is 0 Å². The summed E-state index contributed by atoms with van der Waals surface area (Å²) in [5.74, 6) is 0.503. The summed E-state index contributed by atoms with van der Waals surface area (Å²) in [4.78, 5) is 11.9. The third kappa shape index (κ3) is 4.51. The summed E-state index contributed by atoms with van der Waals surface area (Å²) in [5, 5.41) is 12.1. The van der Waals surface area contributed by atoms with Crippen LogP contribution in [-0.4, -0.2) is 22.7 Å². The average Bonchev–Trinajstić information content (AvgIpc) is 2.85. The molecule has 0 aliphatic heterocycles. The van der Waals surface area contributed by atoms with Crippen LogP contribution in [0.5, 0.6) is 5.75 Å². The largest absolute Gasteiger partial charge is 0.483 e. The zero-order chi connectivity index (χ0) is 16.1. The highest BCUT2D eigenvalue weighted by Gasteiger charge is 2.11. The summed E-state index contributed by atoms with van der Waals surface area (Å²) in [6, 6.07) is 3.92. The van der Waals surface area contributed by atoms with Crippen LogP contribution in [0, 0.1) is 13.8 Å². The van der Waals surface area contributed by atoms with Gasteiger partial charge in [0.15, 0.2) is 6.61 Å². The molecule has 5 nitrogen and oxygen atoms in total. The molecule has 1 amide bonds. The lowest BCUT2D eigenvalue weighted by molar-refractivity contribution is -0.118. The number of carbonyl (C=O) groups excluding carboxylic acids is 1. The Bertz CT molecular complexity index is 650. The summed E-state index contributed by atoms with van der Waals surface area (Å²) in [7, 11) is 0. The summed E-state index contributed by atoms with van der Waals surface area (Å²) in [5.41, 5.74) is 1.97. The van der Waals surface area contributed by atoms with Crippen molar-refractivity contribution in [2.45, 2.75) is 33.6 Å². The van der Waals surface area contributed by atoms with Gasteiger partial charge in [0.25, 0.3) is 5.91 Å². The number of benzene rings is 1. The van der Waals surface area contributed by atoms with E-state index in [0.29, 0.717) is 5.13 Å². The van der Waals surface area contributed by atoms with Gasteiger partial charge < -0.3 is 4.74 Å². The Balaban J connectivity index is 1.92. The van der Waals surface area contributed by atoms with Gasteiger partial charge in [-0.1, -0.05) is 34.2 Å². The van der Waals surface area contributed by atoms with Crippen molar-refractivity contribution in [1.29, 1.82) is 0 Å². The first-order valence-electron chi connectivity index (χ1n) is 7.01. The molecule has 0 bridgehead atoms. The maximum absolute atomic E-state index is 11.9. The zero-order valence-electron chi connectivity index (χ0n) is 12.8. The van der Waals surface area contributed by atoms with Crippen molar-refractivity contribution in [1.82, 2.24) is 10.2 Å². The molecular formula is C15H18BrN3O2S. The first-order chi connectivity index (χ1) is 10.5. The highest BCUT2D eigenvalue weighted by molar-refractivity contribution is 9.10. The molecule has 0 aliphatic rings. The summed E-state index contributed by atoms with van der Waals surface area (Å²) in [6.45, 7) is 5.93. The van der Waals surface area contributed by atoms with Crippen molar-refractivity contribution >= 4 is 38.3 Å². The van der Waals surface area contributed by atoms with Crippen LogP contribution in [-0.2, 0) is 11.2 Å². The number of hydrogen-bond acceptors (Lipinski definition) is 5. The van der Waals surface area contributed by atoms with E-state index in [2.05, 4.69) is 38.4 Å². The van der Waals surface area contributed by atoms with Crippen LogP contribution < -0.4 is 10.1 Å². The minimum Gasteiger partial charge on any atom is -0.483 e. The van der Waals surface area contributed by atoms with Gasteiger partial charge in [-0.2, -0.15) is 0 Å². The van der Waals surface area contributed by atoms with Gasteiger partial charge in [-0.15, -0.1) is 10.2 Å². The molecule has 0 saturated heterocycles. The molecule has 0 unspecified atom stereocenters. The minimum absolute atomic E-state index is 0.0496. The first-order valence-corrected chi connectivity index (χ1v) is 8.62. The summed E-state index contributed by atoms with van der Waals surface area (Å²) >= 11 is 4.84. The fraction of sp³-hybridized carbons (Fsp3) is 0.400. The third-order valence-electron chi connectivity index (χ3n) is 2.95. The number of carbonyl (C=O) groups is 1. The molecule has 118 valence electrons. The number of hydrogen-bond donors (Lipinski definition) is 1. The molecule has 0 radical (unpaired) electrons. The Morgan fingerprint density at radius 2 is 2.00 bits per heavy atom. The molecule has 1 aromatic carbocycles. The highest BCUT2D eigenvalue weighted by Crippen LogP contribution is 2.27. The Hall–Kier alpha value is -1.47. The normalized spacial score (nSPS) is 10.5.